The highest BCUT2D eigenvalue weighted by atomic mass is 19.1. The van der Waals surface area contributed by atoms with E-state index in [4.69, 9.17) is 14.4 Å². The van der Waals surface area contributed by atoms with Gasteiger partial charge in [-0.3, -0.25) is 4.79 Å². The molecule has 0 N–H and O–H groups in total. The number of halogens is 1. The third-order valence-corrected chi connectivity index (χ3v) is 6.68. The summed E-state index contributed by atoms with van der Waals surface area (Å²) in [6, 6.07) is 17.8. The smallest absolute Gasteiger partial charge is 0.224 e. The third kappa shape index (κ3) is 5.39. The molecule has 1 saturated heterocycles. The van der Waals surface area contributed by atoms with E-state index in [1.807, 2.05) is 41.3 Å². The van der Waals surface area contributed by atoms with Crippen LogP contribution < -0.4 is 4.90 Å². The van der Waals surface area contributed by atoms with Crippen LogP contribution in [0.25, 0.3) is 22.3 Å². The Labute approximate surface area is 210 Å². The van der Waals surface area contributed by atoms with Crippen molar-refractivity contribution >= 4 is 22.6 Å². The monoisotopic (exact) mass is 487 g/mol. The number of aromatic nitrogens is 2. The van der Waals surface area contributed by atoms with Crippen molar-refractivity contribution < 1.29 is 13.6 Å². The fourth-order valence-electron chi connectivity index (χ4n) is 4.58. The Balaban J connectivity index is 1.45. The highest BCUT2D eigenvalue weighted by molar-refractivity contribution is 5.91. The van der Waals surface area contributed by atoms with Crippen LogP contribution in [0, 0.1) is 5.82 Å². The van der Waals surface area contributed by atoms with E-state index in [0.717, 1.165) is 60.8 Å². The van der Waals surface area contributed by atoms with Gasteiger partial charge in [0.1, 0.15) is 17.4 Å². The number of furan rings is 1. The first-order chi connectivity index (χ1) is 17.6. The second kappa shape index (κ2) is 10.9. The van der Waals surface area contributed by atoms with Crippen LogP contribution >= 0.6 is 0 Å². The lowest BCUT2D eigenvalue weighted by Gasteiger charge is -2.34. The zero-order valence-electron chi connectivity index (χ0n) is 20.4. The number of anilines is 1. The summed E-state index contributed by atoms with van der Waals surface area (Å²) in [5.41, 5.74) is 1.51. The van der Waals surface area contributed by atoms with E-state index in [1.54, 1.807) is 18.4 Å². The van der Waals surface area contributed by atoms with Crippen LogP contribution in [0.3, 0.4) is 0 Å². The normalized spacial score (nSPS) is 14.3. The second-order valence-corrected chi connectivity index (χ2v) is 8.96. The van der Waals surface area contributed by atoms with Gasteiger partial charge >= 0.3 is 0 Å². The first-order valence-electron chi connectivity index (χ1n) is 12.4. The molecule has 1 amide bonds. The summed E-state index contributed by atoms with van der Waals surface area (Å²) in [5.74, 6) is 1.85. The maximum atomic E-state index is 13.5. The van der Waals surface area contributed by atoms with Crippen molar-refractivity contribution in [3.05, 3.63) is 78.5 Å². The number of hydrogen-bond acceptors (Lipinski definition) is 6. The van der Waals surface area contributed by atoms with Crippen LogP contribution in [-0.4, -0.2) is 64.9 Å². The van der Waals surface area contributed by atoms with Crippen LogP contribution in [0.2, 0.25) is 0 Å². The summed E-state index contributed by atoms with van der Waals surface area (Å²) in [5, 5.41) is 0.888. The van der Waals surface area contributed by atoms with Gasteiger partial charge < -0.3 is 19.1 Å². The number of carbonyl (C=O) groups is 1. The summed E-state index contributed by atoms with van der Waals surface area (Å²) in [6.45, 7) is 7.45. The molecule has 2 aromatic heterocycles. The van der Waals surface area contributed by atoms with Crippen molar-refractivity contribution in [2.75, 3.05) is 44.2 Å². The largest absolute Gasteiger partial charge is 0.467 e. The van der Waals surface area contributed by atoms with Crippen molar-refractivity contribution in [2.24, 2.45) is 0 Å². The van der Waals surface area contributed by atoms with E-state index in [1.165, 1.54) is 12.1 Å². The Morgan fingerprint density at radius 2 is 1.78 bits per heavy atom. The molecule has 0 spiro atoms. The molecule has 1 aliphatic heterocycles. The lowest BCUT2D eigenvalue weighted by molar-refractivity contribution is -0.132. The summed E-state index contributed by atoms with van der Waals surface area (Å²) < 4.78 is 19.2. The molecule has 0 radical (unpaired) electrons. The molecular weight excluding hydrogens is 457 g/mol. The number of carbonyl (C=O) groups excluding carboxylic acids is 1. The Morgan fingerprint density at radius 1 is 1.00 bits per heavy atom. The van der Waals surface area contributed by atoms with Gasteiger partial charge in [-0.2, -0.15) is 0 Å². The second-order valence-electron chi connectivity index (χ2n) is 8.96. The van der Waals surface area contributed by atoms with E-state index in [9.17, 15) is 9.18 Å². The predicted molar refractivity (Wildman–Crippen MR) is 138 cm³/mol. The van der Waals surface area contributed by atoms with Gasteiger partial charge in [-0.1, -0.05) is 19.1 Å². The number of benzene rings is 2. The quantitative estimate of drug-likeness (QED) is 0.362. The number of piperazine rings is 1. The number of fused-ring (bicyclic) bond motifs is 1. The Morgan fingerprint density at radius 3 is 2.50 bits per heavy atom. The molecule has 7 nitrogen and oxygen atoms in total. The summed E-state index contributed by atoms with van der Waals surface area (Å²) in [6.07, 6.45) is 2.02. The molecule has 3 heterocycles. The Bertz CT molecular complexity index is 1300. The molecule has 0 atom stereocenters. The molecular formula is C28H30FN5O2. The third-order valence-electron chi connectivity index (χ3n) is 6.68. The molecule has 0 aliphatic carbocycles. The molecule has 8 heteroatoms. The molecule has 2 aromatic carbocycles. The first kappa shape index (κ1) is 23.9. The van der Waals surface area contributed by atoms with Crippen molar-refractivity contribution in [1.82, 2.24) is 19.8 Å². The van der Waals surface area contributed by atoms with Crippen molar-refractivity contribution in [3.63, 3.8) is 0 Å². The van der Waals surface area contributed by atoms with Gasteiger partial charge in [-0.15, -0.1) is 0 Å². The predicted octanol–water partition coefficient (Wildman–Crippen LogP) is 4.59. The summed E-state index contributed by atoms with van der Waals surface area (Å²) >= 11 is 0. The SMILES string of the molecule is CCN1CCN(C(=O)CCN(Cc2ccco2)c2nc(-c3ccc(F)cc3)nc3ccccc23)CC1. The molecule has 0 unspecified atom stereocenters. The van der Waals surface area contributed by atoms with Gasteiger partial charge in [-0.05, 0) is 55.1 Å². The number of nitrogens with zero attached hydrogens (tertiary/aromatic N) is 5. The van der Waals surface area contributed by atoms with Gasteiger partial charge in [0.25, 0.3) is 0 Å². The highest BCUT2D eigenvalue weighted by Gasteiger charge is 2.23. The number of rotatable bonds is 8. The molecule has 0 bridgehead atoms. The fourth-order valence-corrected chi connectivity index (χ4v) is 4.58. The van der Waals surface area contributed by atoms with E-state index >= 15 is 0 Å². The van der Waals surface area contributed by atoms with Gasteiger partial charge in [0.2, 0.25) is 5.91 Å². The maximum absolute atomic E-state index is 13.5. The standard InChI is InChI=1S/C28H30FN5O2/c1-2-32-15-17-33(18-16-32)26(35)13-14-34(20-23-6-5-19-36-23)28-24-7-3-4-8-25(24)30-27(31-28)21-9-11-22(29)12-10-21/h3-12,19H,2,13-18,20H2,1H3. The summed E-state index contributed by atoms with van der Waals surface area (Å²) in [7, 11) is 0. The lowest BCUT2D eigenvalue weighted by Crippen LogP contribution is -2.49. The number of hydrogen-bond donors (Lipinski definition) is 0. The maximum Gasteiger partial charge on any atom is 0.224 e. The summed E-state index contributed by atoms with van der Waals surface area (Å²) in [4.78, 5) is 29.1. The average molecular weight is 488 g/mol. The van der Waals surface area contributed by atoms with Crippen molar-refractivity contribution in [2.45, 2.75) is 19.9 Å². The Hall–Kier alpha value is -3.78. The minimum atomic E-state index is -0.308. The minimum absolute atomic E-state index is 0.146. The van der Waals surface area contributed by atoms with E-state index in [0.29, 0.717) is 25.3 Å². The van der Waals surface area contributed by atoms with E-state index < -0.39 is 0 Å². The number of amides is 1. The van der Waals surface area contributed by atoms with Crippen molar-refractivity contribution in [1.29, 1.82) is 0 Å². The fraction of sp³-hybridized carbons (Fsp3) is 0.321. The topological polar surface area (TPSA) is 65.7 Å². The molecule has 36 heavy (non-hydrogen) atoms. The molecule has 4 aromatic rings. The van der Waals surface area contributed by atoms with Gasteiger partial charge in [-0.25, -0.2) is 14.4 Å². The molecule has 186 valence electrons. The Kier molecular flexibility index (Phi) is 7.23. The zero-order chi connectivity index (χ0) is 24.9. The van der Waals surface area contributed by atoms with Crippen LogP contribution in [0.4, 0.5) is 10.2 Å². The molecule has 1 fully saturated rings. The molecule has 5 rings (SSSR count). The van der Waals surface area contributed by atoms with Crippen LogP contribution in [-0.2, 0) is 11.3 Å². The van der Waals surface area contributed by atoms with E-state index in [2.05, 4.69) is 16.7 Å². The highest BCUT2D eigenvalue weighted by Crippen LogP contribution is 2.29. The zero-order valence-corrected chi connectivity index (χ0v) is 20.4. The van der Waals surface area contributed by atoms with Crippen LogP contribution in [0.5, 0.6) is 0 Å². The average Bonchev–Trinajstić information content (AvgIpc) is 3.44. The number of likely N-dealkylation sites (N-methyl/N-ethyl adjacent to an activating group) is 1. The van der Waals surface area contributed by atoms with Crippen LogP contribution in [0.15, 0.2) is 71.3 Å². The van der Waals surface area contributed by atoms with Gasteiger partial charge in [0, 0.05) is 50.1 Å². The van der Waals surface area contributed by atoms with Crippen molar-refractivity contribution in [3.8, 4) is 11.4 Å². The van der Waals surface area contributed by atoms with E-state index in [-0.39, 0.29) is 11.7 Å². The molecule has 1 aliphatic rings. The lowest BCUT2D eigenvalue weighted by atomic mass is 10.1. The van der Waals surface area contributed by atoms with Gasteiger partial charge in [0.05, 0.1) is 18.3 Å². The van der Waals surface area contributed by atoms with Crippen LogP contribution in [0.1, 0.15) is 19.1 Å². The van der Waals surface area contributed by atoms with Gasteiger partial charge in [0.15, 0.2) is 5.82 Å². The minimum Gasteiger partial charge on any atom is -0.467 e. The molecule has 0 saturated carbocycles. The first-order valence-corrected chi connectivity index (χ1v) is 12.4. The number of para-hydroxylation sites is 1.